The number of benzene rings is 1. The molecular weight excluding hydrogens is 224 g/mol. The van der Waals surface area contributed by atoms with Gasteiger partial charge in [-0.25, -0.2) is 0 Å². The summed E-state index contributed by atoms with van der Waals surface area (Å²) < 4.78 is 30.5. The zero-order valence-corrected chi connectivity index (χ0v) is 10.5. The Hall–Kier alpha value is -0.870. The van der Waals surface area contributed by atoms with E-state index in [1.54, 1.807) is 12.1 Å². The van der Waals surface area contributed by atoms with Gasteiger partial charge in [-0.3, -0.25) is 4.55 Å². The molecule has 0 saturated carbocycles. The molecule has 0 unspecified atom stereocenters. The average Bonchev–Trinajstić information content (AvgIpc) is 2.25. The minimum absolute atomic E-state index is 0.0426. The third kappa shape index (κ3) is 3.61. The molecule has 0 bridgehead atoms. The highest BCUT2D eigenvalue weighted by atomic mass is 32.2. The molecule has 16 heavy (non-hydrogen) atoms. The maximum Gasteiger partial charge on any atom is 0.294 e. The highest BCUT2D eigenvalue weighted by molar-refractivity contribution is 7.85. The van der Waals surface area contributed by atoms with Crippen LogP contribution in [0.25, 0.3) is 0 Å². The maximum absolute atomic E-state index is 10.8. The van der Waals surface area contributed by atoms with Gasteiger partial charge in [-0.05, 0) is 30.0 Å². The smallest absolute Gasteiger partial charge is 0.282 e. The van der Waals surface area contributed by atoms with Gasteiger partial charge < -0.3 is 0 Å². The van der Waals surface area contributed by atoms with Gasteiger partial charge in [0, 0.05) is 0 Å². The summed E-state index contributed by atoms with van der Waals surface area (Å²) in [4.78, 5) is -0.0426. The van der Waals surface area contributed by atoms with Crippen molar-refractivity contribution in [2.75, 3.05) is 0 Å². The second-order valence-electron chi connectivity index (χ2n) is 4.09. The molecule has 90 valence electrons. The number of hydrogen-bond donors (Lipinski definition) is 1. The molecule has 0 aromatic heterocycles. The van der Waals surface area contributed by atoms with Crippen LogP contribution in [-0.2, 0) is 10.1 Å². The van der Waals surface area contributed by atoms with Crippen molar-refractivity contribution in [3.8, 4) is 0 Å². The van der Waals surface area contributed by atoms with E-state index in [0.717, 1.165) is 18.4 Å². The lowest BCUT2D eigenvalue weighted by molar-refractivity contribution is 0.483. The largest absolute Gasteiger partial charge is 0.294 e. The molecule has 1 aromatic carbocycles. The summed E-state index contributed by atoms with van der Waals surface area (Å²) in [5, 5.41) is 0. The van der Waals surface area contributed by atoms with Gasteiger partial charge in [0.15, 0.2) is 0 Å². The monoisotopic (exact) mass is 242 g/mol. The highest BCUT2D eigenvalue weighted by Gasteiger charge is 2.10. The Kier molecular flexibility index (Phi) is 4.50. The van der Waals surface area contributed by atoms with E-state index in [1.807, 2.05) is 0 Å². The van der Waals surface area contributed by atoms with E-state index in [0.29, 0.717) is 5.92 Å². The van der Waals surface area contributed by atoms with Crippen LogP contribution >= 0.6 is 0 Å². The van der Waals surface area contributed by atoms with Crippen molar-refractivity contribution in [2.45, 2.75) is 43.9 Å². The van der Waals surface area contributed by atoms with Crippen molar-refractivity contribution in [1.82, 2.24) is 0 Å². The SMILES string of the molecule is CCCC[C@@H](C)c1ccc(S(=O)(=O)O)cc1. The minimum atomic E-state index is -4.06. The molecule has 1 aromatic rings. The fourth-order valence-corrected chi connectivity index (χ4v) is 2.13. The third-order valence-electron chi connectivity index (χ3n) is 2.74. The number of hydrogen-bond acceptors (Lipinski definition) is 2. The fraction of sp³-hybridized carbons (Fsp3) is 0.500. The third-order valence-corrected chi connectivity index (χ3v) is 3.61. The molecule has 4 heteroatoms. The van der Waals surface area contributed by atoms with E-state index >= 15 is 0 Å². The Morgan fingerprint density at radius 1 is 1.25 bits per heavy atom. The molecule has 0 fully saturated rings. The van der Waals surface area contributed by atoms with Crippen LogP contribution < -0.4 is 0 Å². The van der Waals surface area contributed by atoms with Gasteiger partial charge in [0.25, 0.3) is 10.1 Å². The summed E-state index contributed by atoms with van der Waals surface area (Å²) in [5.74, 6) is 0.426. The van der Waals surface area contributed by atoms with Gasteiger partial charge in [0.05, 0.1) is 4.90 Å². The van der Waals surface area contributed by atoms with Crippen LogP contribution in [0.1, 0.15) is 44.6 Å². The van der Waals surface area contributed by atoms with Gasteiger partial charge in [-0.15, -0.1) is 0 Å². The summed E-state index contributed by atoms with van der Waals surface area (Å²) >= 11 is 0. The zero-order chi connectivity index (χ0) is 12.2. The quantitative estimate of drug-likeness (QED) is 0.806. The molecule has 0 radical (unpaired) electrons. The van der Waals surface area contributed by atoms with Gasteiger partial charge in [0.1, 0.15) is 0 Å². The number of unbranched alkanes of at least 4 members (excludes halogenated alkanes) is 1. The first-order valence-electron chi connectivity index (χ1n) is 5.52. The summed E-state index contributed by atoms with van der Waals surface area (Å²) in [6.45, 7) is 4.27. The van der Waals surface area contributed by atoms with Crippen molar-refractivity contribution < 1.29 is 13.0 Å². The number of rotatable bonds is 5. The van der Waals surface area contributed by atoms with Crippen LogP contribution in [0.2, 0.25) is 0 Å². The Balaban J connectivity index is 2.79. The molecule has 0 aliphatic heterocycles. The van der Waals surface area contributed by atoms with Crippen LogP contribution in [0.3, 0.4) is 0 Å². The van der Waals surface area contributed by atoms with Gasteiger partial charge >= 0.3 is 0 Å². The van der Waals surface area contributed by atoms with Crippen molar-refractivity contribution in [2.24, 2.45) is 0 Å². The predicted molar refractivity (Wildman–Crippen MR) is 64.2 cm³/mol. The standard InChI is InChI=1S/C12H18O3S/c1-3-4-5-10(2)11-6-8-12(9-7-11)16(13,14)15/h6-10H,3-5H2,1-2H3,(H,13,14,15)/t10-/m1/s1. The second kappa shape index (κ2) is 5.46. The molecule has 0 aliphatic carbocycles. The van der Waals surface area contributed by atoms with Crippen LogP contribution in [-0.4, -0.2) is 13.0 Å². The normalized spacial score (nSPS) is 13.7. The lowest BCUT2D eigenvalue weighted by atomic mass is 9.96. The lowest BCUT2D eigenvalue weighted by Gasteiger charge is -2.11. The molecule has 0 saturated heterocycles. The molecule has 0 amide bonds. The van der Waals surface area contributed by atoms with E-state index in [-0.39, 0.29) is 4.90 Å². The van der Waals surface area contributed by atoms with Crippen LogP contribution in [0.5, 0.6) is 0 Å². The Morgan fingerprint density at radius 3 is 2.25 bits per heavy atom. The molecule has 0 spiro atoms. The second-order valence-corrected chi connectivity index (χ2v) is 5.51. The Labute approximate surface area is 97.2 Å². The fourth-order valence-electron chi connectivity index (χ4n) is 1.65. The van der Waals surface area contributed by atoms with Gasteiger partial charge in [0.2, 0.25) is 0 Å². The predicted octanol–water partition coefficient (Wildman–Crippen LogP) is 3.23. The molecule has 0 heterocycles. The van der Waals surface area contributed by atoms with Crippen molar-refractivity contribution in [3.63, 3.8) is 0 Å². The first kappa shape index (κ1) is 13.2. The van der Waals surface area contributed by atoms with Gasteiger partial charge in [-0.2, -0.15) is 8.42 Å². The zero-order valence-electron chi connectivity index (χ0n) is 9.68. The maximum atomic E-state index is 10.8. The molecule has 0 aliphatic rings. The van der Waals surface area contributed by atoms with Crippen LogP contribution in [0.4, 0.5) is 0 Å². The van der Waals surface area contributed by atoms with Crippen molar-refractivity contribution >= 4 is 10.1 Å². The van der Waals surface area contributed by atoms with Crippen LogP contribution in [0.15, 0.2) is 29.2 Å². The van der Waals surface area contributed by atoms with Crippen LogP contribution in [0, 0.1) is 0 Å². The minimum Gasteiger partial charge on any atom is -0.282 e. The molecule has 1 rings (SSSR count). The average molecular weight is 242 g/mol. The summed E-state index contributed by atoms with van der Waals surface area (Å²) in [7, 11) is -4.06. The van der Waals surface area contributed by atoms with E-state index in [2.05, 4.69) is 13.8 Å². The topological polar surface area (TPSA) is 54.4 Å². The Morgan fingerprint density at radius 2 is 1.81 bits per heavy atom. The first-order chi connectivity index (χ1) is 7.45. The molecule has 1 N–H and O–H groups in total. The highest BCUT2D eigenvalue weighted by Crippen LogP contribution is 2.22. The van der Waals surface area contributed by atoms with E-state index < -0.39 is 10.1 Å². The first-order valence-corrected chi connectivity index (χ1v) is 6.96. The summed E-state index contributed by atoms with van der Waals surface area (Å²) in [6.07, 6.45) is 3.43. The molecule has 3 nitrogen and oxygen atoms in total. The van der Waals surface area contributed by atoms with Crippen molar-refractivity contribution in [1.29, 1.82) is 0 Å². The van der Waals surface area contributed by atoms with Gasteiger partial charge in [-0.1, -0.05) is 38.8 Å². The van der Waals surface area contributed by atoms with Crippen molar-refractivity contribution in [3.05, 3.63) is 29.8 Å². The molecular formula is C12H18O3S. The van der Waals surface area contributed by atoms with E-state index in [4.69, 9.17) is 4.55 Å². The Bertz CT molecular complexity index is 420. The van der Waals surface area contributed by atoms with E-state index in [1.165, 1.54) is 18.6 Å². The molecule has 1 atom stereocenters. The van der Waals surface area contributed by atoms with E-state index in [9.17, 15) is 8.42 Å². The summed E-state index contributed by atoms with van der Waals surface area (Å²) in [6, 6.07) is 6.44. The summed E-state index contributed by atoms with van der Waals surface area (Å²) in [5.41, 5.74) is 1.11. The lowest BCUT2D eigenvalue weighted by Crippen LogP contribution is -1.99.